The number of carbonyl (C=O) groups is 1. The summed E-state index contributed by atoms with van der Waals surface area (Å²) in [6.45, 7) is 1.72. The standard InChI is InChI=1S/C21H20ClFN4O4S2.2H2/c22-18-6-3-16(9-19(18)23)31-13-20(28)25-10-14-11-27(12-14)15-1-4-17(5-2-15)33(29,30)26-21-24-7-8-32-21;;/h1-9,14H,10-13H2,(H,24,26)(H,25,28);2*1H. The van der Waals surface area contributed by atoms with Gasteiger partial charge in [0.25, 0.3) is 15.9 Å². The molecule has 0 radical (unpaired) electrons. The molecule has 1 aromatic heterocycles. The maximum absolute atomic E-state index is 13.4. The maximum Gasteiger partial charge on any atom is 0.263 e. The Bertz CT molecular complexity index is 1230. The van der Waals surface area contributed by atoms with Gasteiger partial charge in [-0.1, -0.05) is 11.6 Å². The van der Waals surface area contributed by atoms with E-state index in [1.54, 1.807) is 29.6 Å². The van der Waals surface area contributed by atoms with Crippen LogP contribution in [0.25, 0.3) is 0 Å². The van der Waals surface area contributed by atoms with E-state index in [4.69, 9.17) is 16.3 Å². The Morgan fingerprint density at radius 3 is 2.70 bits per heavy atom. The van der Waals surface area contributed by atoms with E-state index in [1.165, 1.54) is 29.7 Å². The molecule has 2 heterocycles. The second-order valence-electron chi connectivity index (χ2n) is 7.38. The topological polar surface area (TPSA) is 101 Å². The van der Waals surface area contributed by atoms with Crippen LogP contribution < -0.4 is 19.7 Å². The van der Waals surface area contributed by atoms with Crippen LogP contribution in [-0.4, -0.2) is 45.6 Å². The molecular formula is C21H24ClFN4O4S2. The molecule has 1 fully saturated rings. The molecule has 8 nitrogen and oxygen atoms in total. The first kappa shape index (κ1) is 23.3. The SMILES string of the molecule is O=C(COc1ccc(Cl)c(F)c1)NCC1CN(c2ccc(S(=O)(=O)Nc3nccs3)cc2)C1.[HH].[HH]. The predicted molar refractivity (Wildman–Crippen MR) is 129 cm³/mol. The van der Waals surface area contributed by atoms with Crippen LogP contribution in [-0.2, 0) is 14.8 Å². The van der Waals surface area contributed by atoms with Crippen molar-refractivity contribution in [1.29, 1.82) is 0 Å². The molecule has 0 bridgehead atoms. The second-order valence-corrected chi connectivity index (χ2v) is 10.4. The van der Waals surface area contributed by atoms with E-state index < -0.39 is 15.8 Å². The minimum atomic E-state index is -3.68. The first-order chi connectivity index (χ1) is 15.8. The van der Waals surface area contributed by atoms with Crippen LogP contribution in [0.2, 0.25) is 5.02 Å². The number of rotatable bonds is 9. The van der Waals surface area contributed by atoms with E-state index in [1.807, 2.05) is 0 Å². The lowest BCUT2D eigenvalue weighted by Crippen LogP contribution is -2.52. The fourth-order valence-electron chi connectivity index (χ4n) is 3.22. The third-order valence-electron chi connectivity index (χ3n) is 4.97. The van der Waals surface area contributed by atoms with Crippen molar-refractivity contribution in [2.45, 2.75) is 4.90 Å². The fourth-order valence-corrected chi connectivity index (χ4v) is 5.12. The molecule has 1 aliphatic rings. The number of hydrogen-bond acceptors (Lipinski definition) is 7. The number of nitrogens with one attached hydrogen (secondary N) is 2. The summed E-state index contributed by atoms with van der Waals surface area (Å²) in [6, 6.07) is 10.6. The predicted octanol–water partition coefficient (Wildman–Crippen LogP) is 3.86. The summed E-state index contributed by atoms with van der Waals surface area (Å²) in [4.78, 5) is 18.2. The van der Waals surface area contributed by atoms with Gasteiger partial charge in [-0.3, -0.25) is 9.52 Å². The van der Waals surface area contributed by atoms with Crippen molar-refractivity contribution in [3.8, 4) is 5.75 Å². The molecule has 0 aliphatic carbocycles. The summed E-state index contributed by atoms with van der Waals surface area (Å²) < 4.78 is 45.9. The Labute approximate surface area is 202 Å². The zero-order valence-electron chi connectivity index (χ0n) is 17.2. The van der Waals surface area contributed by atoms with Crippen molar-refractivity contribution in [2.75, 3.05) is 35.9 Å². The number of sulfonamides is 1. The summed E-state index contributed by atoms with van der Waals surface area (Å²) >= 11 is 6.82. The van der Waals surface area contributed by atoms with Crippen molar-refractivity contribution in [1.82, 2.24) is 10.3 Å². The molecule has 4 rings (SSSR count). The number of amides is 1. The molecular weight excluding hydrogens is 491 g/mol. The Morgan fingerprint density at radius 1 is 1.27 bits per heavy atom. The highest BCUT2D eigenvalue weighted by molar-refractivity contribution is 7.93. The van der Waals surface area contributed by atoms with Gasteiger partial charge in [0.2, 0.25) is 0 Å². The van der Waals surface area contributed by atoms with Crippen molar-refractivity contribution in [3.05, 3.63) is 64.9 Å². The molecule has 0 spiro atoms. The van der Waals surface area contributed by atoms with Gasteiger partial charge in [-0.2, -0.15) is 0 Å². The average Bonchev–Trinajstić information content (AvgIpc) is 3.26. The molecule has 1 aliphatic heterocycles. The zero-order valence-corrected chi connectivity index (χ0v) is 19.6. The molecule has 3 aromatic rings. The highest BCUT2D eigenvalue weighted by Gasteiger charge is 2.27. The number of aromatic nitrogens is 1. The minimum Gasteiger partial charge on any atom is -0.484 e. The molecule has 0 atom stereocenters. The number of anilines is 2. The number of halogens is 2. The maximum atomic E-state index is 13.4. The molecule has 178 valence electrons. The van der Waals surface area contributed by atoms with Crippen LogP contribution in [0.4, 0.5) is 15.2 Å². The van der Waals surface area contributed by atoms with E-state index >= 15 is 0 Å². The van der Waals surface area contributed by atoms with Crippen LogP contribution in [0.3, 0.4) is 0 Å². The molecule has 12 heteroatoms. The van der Waals surface area contributed by atoms with Gasteiger partial charge in [0.15, 0.2) is 11.7 Å². The highest BCUT2D eigenvalue weighted by atomic mass is 35.5. The van der Waals surface area contributed by atoms with E-state index in [0.29, 0.717) is 11.7 Å². The molecule has 33 heavy (non-hydrogen) atoms. The lowest BCUT2D eigenvalue weighted by molar-refractivity contribution is -0.123. The van der Waals surface area contributed by atoms with Crippen molar-refractivity contribution >= 4 is 49.7 Å². The largest absolute Gasteiger partial charge is 0.484 e. The summed E-state index contributed by atoms with van der Waals surface area (Å²) in [5.41, 5.74) is 0.902. The first-order valence-corrected chi connectivity index (χ1v) is 12.7. The highest BCUT2D eigenvalue weighted by Crippen LogP contribution is 2.26. The van der Waals surface area contributed by atoms with Gasteiger partial charge in [0, 0.05) is 51.7 Å². The third-order valence-corrected chi connectivity index (χ3v) is 7.45. The van der Waals surface area contributed by atoms with Crippen LogP contribution in [0.1, 0.15) is 2.85 Å². The van der Waals surface area contributed by atoms with Crippen molar-refractivity contribution < 1.29 is 25.2 Å². The molecule has 2 aromatic carbocycles. The smallest absolute Gasteiger partial charge is 0.263 e. The van der Waals surface area contributed by atoms with Crippen LogP contribution >= 0.6 is 22.9 Å². The van der Waals surface area contributed by atoms with Gasteiger partial charge >= 0.3 is 0 Å². The quantitative estimate of drug-likeness (QED) is 0.449. The Balaban J connectivity index is 0.00000216. The molecule has 0 unspecified atom stereocenters. The molecule has 1 saturated heterocycles. The van der Waals surface area contributed by atoms with Crippen LogP contribution in [0.15, 0.2) is 58.9 Å². The Hall–Kier alpha value is -2.89. The summed E-state index contributed by atoms with van der Waals surface area (Å²) in [6.07, 6.45) is 1.53. The van der Waals surface area contributed by atoms with E-state index in [2.05, 4.69) is 19.9 Å². The summed E-state index contributed by atoms with van der Waals surface area (Å²) in [7, 11) is -3.68. The van der Waals surface area contributed by atoms with Gasteiger partial charge in [-0.15, -0.1) is 11.3 Å². The minimum absolute atomic E-state index is 0. The van der Waals surface area contributed by atoms with E-state index in [-0.39, 0.29) is 37.0 Å². The lowest BCUT2D eigenvalue weighted by atomic mass is 9.99. The second kappa shape index (κ2) is 9.94. The number of carbonyl (C=O) groups excluding carboxylic acids is 1. The van der Waals surface area contributed by atoms with Gasteiger partial charge < -0.3 is 15.0 Å². The zero-order chi connectivity index (χ0) is 23.4. The monoisotopic (exact) mass is 514 g/mol. The van der Waals surface area contributed by atoms with Crippen LogP contribution in [0, 0.1) is 11.7 Å². The number of hydrogen-bond donors (Lipinski definition) is 2. The molecule has 0 saturated carbocycles. The Morgan fingerprint density at radius 2 is 2.03 bits per heavy atom. The van der Waals surface area contributed by atoms with Gasteiger partial charge in [-0.05, 0) is 36.4 Å². The summed E-state index contributed by atoms with van der Waals surface area (Å²) in [5.74, 6) is -0.414. The molecule has 2 N–H and O–H groups in total. The third kappa shape index (κ3) is 5.92. The first-order valence-electron chi connectivity index (χ1n) is 9.92. The normalized spacial score (nSPS) is 13.9. The number of ether oxygens (including phenoxy) is 1. The van der Waals surface area contributed by atoms with Gasteiger partial charge in [0.05, 0.1) is 9.92 Å². The number of nitrogens with zero attached hydrogens (tertiary/aromatic N) is 2. The van der Waals surface area contributed by atoms with E-state index in [9.17, 15) is 17.6 Å². The van der Waals surface area contributed by atoms with Gasteiger partial charge in [-0.25, -0.2) is 17.8 Å². The lowest BCUT2D eigenvalue weighted by Gasteiger charge is -2.41. The van der Waals surface area contributed by atoms with Crippen LogP contribution in [0.5, 0.6) is 5.75 Å². The van der Waals surface area contributed by atoms with Crippen molar-refractivity contribution in [2.24, 2.45) is 5.92 Å². The summed E-state index contributed by atoms with van der Waals surface area (Å²) in [5, 5.41) is 4.80. The molecule has 1 amide bonds. The van der Waals surface area contributed by atoms with Crippen molar-refractivity contribution in [3.63, 3.8) is 0 Å². The fraction of sp³-hybridized carbons (Fsp3) is 0.238. The average molecular weight is 515 g/mol. The van der Waals surface area contributed by atoms with Gasteiger partial charge in [0.1, 0.15) is 11.6 Å². The number of thiazole rings is 1. The Kier molecular flexibility index (Phi) is 7.01. The number of benzene rings is 2. The van der Waals surface area contributed by atoms with E-state index in [0.717, 1.165) is 24.8 Å².